The molecule has 0 aliphatic carbocycles. The molecule has 1 fully saturated rings. The van der Waals surface area contributed by atoms with Crippen LogP contribution in [-0.2, 0) is 0 Å². The number of thiazole rings is 1. The molecule has 0 saturated carbocycles. The first-order valence-electron chi connectivity index (χ1n) is 7.67. The Morgan fingerprint density at radius 2 is 2.17 bits per heavy atom. The smallest absolute Gasteiger partial charge is 0.269 e. The second kappa shape index (κ2) is 6.00. The van der Waals surface area contributed by atoms with E-state index >= 15 is 0 Å². The highest BCUT2D eigenvalue weighted by atomic mass is 32.1. The summed E-state index contributed by atoms with van der Waals surface area (Å²) >= 11 is 1.53. The van der Waals surface area contributed by atoms with Crippen LogP contribution in [0.2, 0.25) is 0 Å². The number of nitrogens with one attached hydrogen (secondary N) is 1. The number of anilines is 1. The van der Waals surface area contributed by atoms with Crippen LogP contribution in [-0.4, -0.2) is 39.4 Å². The van der Waals surface area contributed by atoms with Gasteiger partial charge in [0.15, 0.2) is 0 Å². The Balaban J connectivity index is 1.38. The predicted molar refractivity (Wildman–Crippen MR) is 90.0 cm³/mol. The van der Waals surface area contributed by atoms with Crippen LogP contribution < -0.4 is 10.2 Å². The number of piperidine rings is 1. The van der Waals surface area contributed by atoms with Crippen molar-refractivity contribution in [1.29, 1.82) is 0 Å². The van der Waals surface area contributed by atoms with Gasteiger partial charge in [0.05, 0.1) is 6.20 Å². The molecule has 1 aliphatic rings. The summed E-state index contributed by atoms with van der Waals surface area (Å²) in [5.74, 6) is 0.987. The third kappa shape index (κ3) is 2.79. The standard InChI is InChI=1S/C16H17N5OS/c22-16(13-10-23-15-9-17-11-21(13)15)19-12-4-7-20(8-5-12)14-3-1-2-6-18-14/h1-3,6,9-12H,4-5,7-8H2,(H,19,22). The molecule has 0 spiro atoms. The van der Waals surface area contributed by atoms with Crippen molar-refractivity contribution < 1.29 is 4.79 Å². The molecule has 23 heavy (non-hydrogen) atoms. The summed E-state index contributed by atoms with van der Waals surface area (Å²) in [5, 5.41) is 5.03. The lowest BCUT2D eigenvalue weighted by Gasteiger charge is -2.33. The molecule has 1 N–H and O–H groups in total. The first-order valence-corrected chi connectivity index (χ1v) is 8.55. The summed E-state index contributed by atoms with van der Waals surface area (Å²) in [7, 11) is 0. The molecule has 3 aromatic rings. The van der Waals surface area contributed by atoms with E-state index in [0.717, 1.165) is 36.6 Å². The highest BCUT2D eigenvalue weighted by molar-refractivity contribution is 7.15. The molecule has 0 radical (unpaired) electrons. The van der Waals surface area contributed by atoms with Gasteiger partial charge < -0.3 is 10.2 Å². The van der Waals surface area contributed by atoms with Gasteiger partial charge in [0.2, 0.25) is 0 Å². The minimum Gasteiger partial charge on any atom is -0.356 e. The van der Waals surface area contributed by atoms with Gasteiger partial charge in [-0.3, -0.25) is 9.20 Å². The van der Waals surface area contributed by atoms with E-state index < -0.39 is 0 Å². The lowest BCUT2D eigenvalue weighted by molar-refractivity contribution is 0.0925. The number of rotatable bonds is 3. The summed E-state index contributed by atoms with van der Waals surface area (Å²) in [4.78, 5) is 24.2. The fraction of sp³-hybridized carbons (Fsp3) is 0.312. The van der Waals surface area contributed by atoms with Crippen molar-refractivity contribution in [3.8, 4) is 0 Å². The summed E-state index contributed by atoms with van der Waals surface area (Å²) in [6.07, 6.45) is 7.13. The third-order valence-corrected chi connectivity index (χ3v) is 5.08. The van der Waals surface area contributed by atoms with Crippen molar-refractivity contribution in [1.82, 2.24) is 19.7 Å². The zero-order chi connectivity index (χ0) is 15.6. The molecular formula is C16H17N5OS. The molecule has 4 heterocycles. The van der Waals surface area contributed by atoms with Gasteiger partial charge in [-0.15, -0.1) is 11.3 Å². The lowest BCUT2D eigenvalue weighted by atomic mass is 10.0. The van der Waals surface area contributed by atoms with E-state index in [0.29, 0.717) is 5.69 Å². The van der Waals surface area contributed by atoms with Crippen molar-refractivity contribution in [3.05, 3.63) is 48.0 Å². The number of nitrogens with zero attached hydrogens (tertiary/aromatic N) is 4. The average molecular weight is 327 g/mol. The number of amides is 1. The number of aromatic nitrogens is 3. The fourth-order valence-electron chi connectivity index (χ4n) is 2.94. The van der Waals surface area contributed by atoms with Crippen LogP contribution in [0, 0.1) is 0 Å². The molecule has 0 unspecified atom stereocenters. The van der Waals surface area contributed by atoms with Crippen molar-refractivity contribution in [2.45, 2.75) is 18.9 Å². The summed E-state index contributed by atoms with van der Waals surface area (Å²) in [6.45, 7) is 1.82. The number of fused-ring (bicyclic) bond motifs is 1. The van der Waals surface area contributed by atoms with Gasteiger partial charge in [0.25, 0.3) is 5.91 Å². The maximum atomic E-state index is 12.5. The van der Waals surface area contributed by atoms with Crippen LogP contribution >= 0.6 is 11.3 Å². The van der Waals surface area contributed by atoms with Gasteiger partial charge in [-0.05, 0) is 25.0 Å². The highest BCUT2D eigenvalue weighted by Crippen LogP contribution is 2.19. The van der Waals surface area contributed by atoms with E-state index in [1.165, 1.54) is 11.3 Å². The first kappa shape index (κ1) is 14.2. The van der Waals surface area contributed by atoms with Crippen LogP contribution in [0.15, 0.2) is 42.3 Å². The van der Waals surface area contributed by atoms with E-state index in [4.69, 9.17) is 0 Å². The molecule has 6 nitrogen and oxygen atoms in total. The van der Waals surface area contributed by atoms with Crippen LogP contribution in [0.25, 0.3) is 4.83 Å². The molecule has 0 aromatic carbocycles. The average Bonchev–Trinajstić information content (AvgIpc) is 3.19. The van der Waals surface area contributed by atoms with Crippen molar-refractivity contribution in [3.63, 3.8) is 0 Å². The topological polar surface area (TPSA) is 62.5 Å². The number of carbonyl (C=O) groups excluding carboxylic acids is 1. The Morgan fingerprint density at radius 1 is 1.30 bits per heavy atom. The first-order chi connectivity index (χ1) is 11.3. The minimum absolute atomic E-state index is 0.0227. The van der Waals surface area contributed by atoms with E-state index in [1.54, 1.807) is 12.5 Å². The van der Waals surface area contributed by atoms with Crippen molar-refractivity contribution in [2.24, 2.45) is 0 Å². The molecular weight excluding hydrogens is 310 g/mol. The van der Waals surface area contributed by atoms with E-state index in [-0.39, 0.29) is 11.9 Å². The Morgan fingerprint density at radius 3 is 2.96 bits per heavy atom. The minimum atomic E-state index is -0.0227. The molecule has 118 valence electrons. The molecule has 1 saturated heterocycles. The van der Waals surface area contributed by atoms with Crippen LogP contribution in [0.5, 0.6) is 0 Å². The number of hydrogen-bond donors (Lipinski definition) is 1. The number of hydrogen-bond acceptors (Lipinski definition) is 5. The van der Waals surface area contributed by atoms with Gasteiger partial charge in [-0.25, -0.2) is 9.97 Å². The Labute approximate surface area is 137 Å². The molecule has 1 aliphatic heterocycles. The van der Waals surface area contributed by atoms with Gasteiger partial charge in [0.1, 0.15) is 22.7 Å². The Bertz CT molecular complexity index is 804. The maximum Gasteiger partial charge on any atom is 0.269 e. The highest BCUT2D eigenvalue weighted by Gasteiger charge is 2.23. The molecule has 3 aromatic heterocycles. The second-order valence-electron chi connectivity index (χ2n) is 5.65. The van der Waals surface area contributed by atoms with E-state index in [9.17, 15) is 4.79 Å². The quantitative estimate of drug-likeness (QED) is 0.801. The fourth-order valence-corrected chi connectivity index (χ4v) is 3.77. The Hall–Kier alpha value is -2.41. The third-order valence-electron chi connectivity index (χ3n) is 4.19. The molecule has 0 bridgehead atoms. The van der Waals surface area contributed by atoms with Crippen molar-refractivity contribution in [2.75, 3.05) is 18.0 Å². The largest absolute Gasteiger partial charge is 0.356 e. The van der Waals surface area contributed by atoms with Gasteiger partial charge >= 0.3 is 0 Å². The number of imidazole rings is 1. The van der Waals surface area contributed by atoms with Gasteiger partial charge in [-0.1, -0.05) is 6.07 Å². The molecule has 0 atom stereocenters. The van der Waals surface area contributed by atoms with Gasteiger partial charge in [-0.2, -0.15) is 0 Å². The molecule has 7 heteroatoms. The monoisotopic (exact) mass is 327 g/mol. The zero-order valence-electron chi connectivity index (χ0n) is 12.6. The second-order valence-corrected chi connectivity index (χ2v) is 6.54. The summed E-state index contributed by atoms with van der Waals surface area (Å²) in [5.41, 5.74) is 0.662. The predicted octanol–water partition coefficient (Wildman–Crippen LogP) is 2.19. The molecule has 4 rings (SSSR count). The van der Waals surface area contributed by atoms with E-state index in [1.807, 2.05) is 34.2 Å². The van der Waals surface area contributed by atoms with Crippen LogP contribution in [0.3, 0.4) is 0 Å². The zero-order valence-corrected chi connectivity index (χ0v) is 13.4. The van der Waals surface area contributed by atoms with Gasteiger partial charge in [0, 0.05) is 30.7 Å². The maximum absolute atomic E-state index is 12.5. The normalized spacial score (nSPS) is 15.9. The summed E-state index contributed by atoms with van der Waals surface area (Å²) in [6, 6.07) is 6.16. The SMILES string of the molecule is O=C(NC1CCN(c2ccccn2)CC1)c1csc2cncn12. The number of carbonyl (C=O) groups is 1. The Kier molecular flexibility index (Phi) is 3.70. The van der Waals surface area contributed by atoms with Crippen LogP contribution in [0.4, 0.5) is 5.82 Å². The van der Waals surface area contributed by atoms with E-state index in [2.05, 4.69) is 20.2 Å². The molecule has 1 amide bonds. The lowest BCUT2D eigenvalue weighted by Crippen LogP contribution is -2.45. The number of pyridine rings is 1. The summed E-state index contributed by atoms with van der Waals surface area (Å²) < 4.78 is 1.84. The van der Waals surface area contributed by atoms with Crippen LogP contribution in [0.1, 0.15) is 23.3 Å². The van der Waals surface area contributed by atoms with Crippen molar-refractivity contribution >= 4 is 27.9 Å².